The minimum Gasteiger partial charge on any atom is -0.462 e. The van der Waals surface area contributed by atoms with Crippen molar-refractivity contribution >= 4 is 22.0 Å². The highest BCUT2D eigenvalue weighted by Crippen LogP contribution is 2.13. The first-order chi connectivity index (χ1) is 11.2. The molecule has 0 heterocycles. The summed E-state index contributed by atoms with van der Waals surface area (Å²) < 4.78 is 34.1. The minimum absolute atomic E-state index is 0.00917. The van der Waals surface area contributed by atoms with Crippen LogP contribution >= 0.6 is 0 Å². The van der Waals surface area contributed by atoms with Crippen LogP contribution in [-0.4, -0.2) is 45.9 Å². The average Bonchev–Trinajstić information content (AvgIpc) is 2.48. The number of nitrogens with one attached hydrogen (secondary N) is 1. The molecule has 7 nitrogen and oxygen atoms in total. The van der Waals surface area contributed by atoms with Crippen molar-refractivity contribution in [3.05, 3.63) is 12.2 Å². The fraction of sp³-hybridized carbons (Fsp3) is 0.750. The van der Waals surface area contributed by atoms with Crippen molar-refractivity contribution in [1.82, 2.24) is 4.72 Å². The lowest BCUT2D eigenvalue weighted by atomic mass is 10.1. The molecule has 0 aliphatic heterocycles. The molecule has 0 aromatic rings. The third-order valence-electron chi connectivity index (χ3n) is 3.13. The fourth-order valence-electron chi connectivity index (χ4n) is 1.96. The Hall–Kier alpha value is -1.41. The van der Waals surface area contributed by atoms with E-state index in [0.29, 0.717) is 0 Å². The lowest BCUT2D eigenvalue weighted by Gasteiger charge is -2.17. The molecule has 0 saturated heterocycles. The average molecular weight is 363 g/mol. The molecule has 0 aromatic carbocycles. The molecule has 0 aliphatic carbocycles. The van der Waals surface area contributed by atoms with Crippen LogP contribution in [0.5, 0.6) is 0 Å². The Kier molecular flexibility index (Phi) is 11.3. The molecular formula is C16H29NO6S. The first-order valence-electron chi connectivity index (χ1n) is 8.18. The molecular weight excluding hydrogens is 334 g/mol. The summed E-state index contributed by atoms with van der Waals surface area (Å²) in [5, 5.41) is 0. The van der Waals surface area contributed by atoms with Crippen LogP contribution in [0.4, 0.5) is 0 Å². The maximum absolute atomic E-state index is 11.9. The van der Waals surface area contributed by atoms with Crippen LogP contribution in [-0.2, 0) is 29.1 Å². The third kappa shape index (κ3) is 12.1. The molecule has 8 heteroatoms. The molecule has 1 N–H and O–H groups in total. The van der Waals surface area contributed by atoms with Crippen molar-refractivity contribution in [2.75, 3.05) is 19.4 Å². The normalized spacial score (nSPS) is 12.5. The van der Waals surface area contributed by atoms with Crippen molar-refractivity contribution in [3.8, 4) is 0 Å². The quantitative estimate of drug-likeness (QED) is 0.305. The van der Waals surface area contributed by atoms with Crippen LogP contribution in [0.3, 0.4) is 0 Å². The zero-order chi connectivity index (χ0) is 18.6. The van der Waals surface area contributed by atoms with Gasteiger partial charge in [0.25, 0.3) is 0 Å². The summed E-state index contributed by atoms with van der Waals surface area (Å²) in [6.45, 7) is 7.46. The number of sulfonamides is 1. The van der Waals surface area contributed by atoms with Gasteiger partial charge in [-0.1, -0.05) is 39.7 Å². The van der Waals surface area contributed by atoms with E-state index in [4.69, 9.17) is 9.47 Å². The van der Waals surface area contributed by atoms with Crippen molar-refractivity contribution in [2.24, 2.45) is 0 Å². The van der Waals surface area contributed by atoms with Gasteiger partial charge in [0.1, 0.15) is 12.7 Å². The van der Waals surface area contributed by atoms with Gasteiger partial charge in [0, 0.05) is 12.1 Å². The largest absolute Gasteiger partial charge is 0.462 e. The Morgan fingerprint density at radius 2 is 1.83 bits per heavy atom. The molecule has 1 atom stereocenters. The van der Waals surface area contributed by atoms with Crippen LogP contribution in [0.15, 0.2) is 12.2 Å². The standard InChI is InChI=1S/C16H29NO6S/c1-5-7-9-14(8-6-2)23-15(18)12-13(3)16(19)22-11-10-17-24(4,20)21/h14,17H,3,5-12H2,1-2,4H3. The molecule has 0 aromatic heterocycles. The van der Waals surface area contributed by atoms with Crippen LogP contribution in [0, 0.1) is 0 Å². The van der Waals surface area contributed by atoms with Gasteiger partial charge in [-0.05, 0) is 12.8 Å². The highest BCUT2D eigenvalue weighted by Gasteiger charge is 2.18. The lowest BCUT2D eigenvalue weighted by Crippen LogP contribution is -2.27. The number of hydrogen-bond donors (Lipinski definition) is 1. The van der Waals surface area contributed by atoms with Gasteiger partial charge in [-0.2, -0.15) is 0 Å². The SMILES string of the molecule is C=C(CC(=O)OC(CCC)CCCC)C(=O)OCCNS(C)(=O)=O. The van der Waals surface area contributed by atoms with E-state index >= 15 is 0 Å². The Balaban J connectivity index is 4.18. The van der Waals surface area contributed by atoms with Gasteiger partial charge < -0.3 is 9.47 Å². The van der Waals surface area contributed by atoms with E-state index in [-0.39, 0.29) is 31.2 Å². The predicted molar refractivity (Wildman–Crippen MR) is 91.9 cm³/mol. The second-order valence-corrected chi connectivity index (χ2v) is 7.46. The Morgan fingerprint density at radius 1 is 1.17 bits per heavy atom. The Bertz CT molecular complexity index is 515. The highest BCUT2D eigenvalue weighted by molar-refractivity contribution is 7.88. The first kappa shape index (κ1) is 22.6. The smallest absolute Gasteiger partial charge is 0.334 e. The maximum atomic E-state index is 11.9. The van der Waals surface area contributed by atoms with Gasteiger partial charge in [0.15, 0.2) is 0 Å². The van der Waals surface area contributed by atoms with E-state index in [0.717, 1.165) is 38.4 Å². The van der Waals surface area contributed by atoms with Crippen LogP contribution in [0.1, 0.15) is 52.4 Å². The summed E-state index contributed by atoms with van der Waals surface area (Å²) in [6.07, 6.45) is 5.17. The molecule has 0 aliphatic rings. The number of hydrogen-bond acceptors (Lipinski definition) is 6. The van der Waals surface area contributed by atoms with Crippen molar-refractivity contribution < 1.29 is 27.5 Å². The van der Waals surface area contributed by atoms with Gasteiger partial charge in [-0.3, -0.25) is 4.79 Å². The molecule has 140 valence electrons. The van der Waals surface area contributed by atoms with Crippen molar-refractivity contribution in [3.63, 3.8) is 0 Å². The molecule has 0 amide bonds. The lowest BCUT2D eigenvalue weighted by molar-refractivity contribution is -0.151. The van der Waals surface area contributed by atoms with Gasteiger partial charge in [-0.15, -0.1) is 0 Å². The zero-order valence-corrected chi connectivity index (χ0v) is 15.6. The number of rotatable bonds is 13. The number of carbonyl (C=O) groups is 2. The summed E-state index contributed by atoms with van der Waals surface area (Å²) in [4.78, 5) is 23.6. The number of unbranched alkanes of at least 4 members (excludes halogenated alkanes) is 1. The van der Waals surface area contributed by atoms with Gasteiger partial charge >= 0.3 is 11.9 Å². The topological polar surface area (TPSA) is 98.8 Å². The summed E-state index contributed by atoms with van der Waals surface area (Å²) in [5.74, 6) is -1.23. The number of ether oxygens (including phenoxy) is 2. The van der Waals surface area contributed by atoms with Gasteiger partial charge in [0.05, 0.1) is 12.7 Å². The minimum atomic E-state index is -3.33. The van der Waals surface area contributed by atoms with Gasteiger partial charge in [-0.25, -0.2) is 17.9 Å². The first-order valence-corrected chi connectivity index (χ1v) is 10.1. The second-order valence-electron chi connectivity index (χ2n) is 5.63. The van der Waals surface area contributed by atoms with Crippen molar-refractivity contribution in [1.29, 1.82) is 0 Å². The molecule has 0 spiro atoms. The van der Waals surface area contributed by atoms with Crippen LogP contribution in [0.2, 0.25) is 0 Å². The van der Waals surface area contributed by atoms with E-state index in [9.17, 15) is 18.0 Å². The predicted octanol–water partition coefficient (Wildman–Crippen LogP) is 1.93. The second kappa shape index (κ2) is 12.0. The Labute approximate surface area is 144 Å². The zero-order valence-electron chi connectivity index (χ0n) is 14.8. The summed E-state index contributed by atoms with van der Waals surface area (Å²) in [6, 6.07) is 0. The molecule has 0 radical (unpaired) electrons. The monoisotopic (exact) mass is 363 g/mol. The number of carbonyl (C=O) groups excluding carboxylic acids is 2. The van der Waals surface area contributed by atoms with E-state index in [1.807, 2.05) is 6.92 Å². The molecule has 24 heavy (non-hydrogen) atoms. The van der Waals surface area contributed by atoms with Crippen LogP contribution in [0.25, 0.3) is 0 Å². The van der Waals surface area contributed by atoms with E-state index in [1.54, 1.807) is 0 Å². The summed E-state index contributed by atoms with van der Waals surface area (Å²) in [5.41, 5.74) is -0.00917. The molecule has 0 bridgehead atoms. The fourth-order valence-corrected chi connectivity index (χ4v) is 2.42. The Morgan fingerprint density at radius 3 is 2.38 bits per heavy atom. The van der Waals surface area contributed by atoms with E-state index in [2.05, 4.69) is 18.2 Å². The third-order valence-corrected chi connectivity index (χ3v) is 3.86. The maximum Gasteiger partial charge on any atom is 0.334 e. The van der Waals surface area contributed by atoms with Crippen molar-refractivity contribution in [2.45, 2.75) is 58.5 Å². The summed E-state index contributed by atoms with van der Waals surface area (Å²) >= 11 is 0. The highest BCUT2D eigenvalue weighted by atomic mass is 32.2. The number of esters is 2. The van der Waals surface area contributed by atoms with Gasteiger partial charge in [0.2, 0.25) is 10.0 Å². The van der Waals surface area contributed by atoms with Crippen LogP contribution < -0.4 is 4.72 Å². The molecule has 0 rings (SSSR count). The summed E-state index contributed by atoms with van der Waals surface area (Å²) in [7, 11) is -3.33. The molecule has 1 unspecified atom stereocenters. The van der Waals surface area contributed by atoms with E-state index in [1.165, 1.54) is 0 Å². The van der Waals surface area contributed by atoms with E-state index < -0.39 is 22.0 Å². The molecule has 0 saturated carbocycles. The molecule has 0 fully saturated rings.